The summed E-state index contributed by atoms with van der Waals surface area (Å²) >= 11 is 0. The van der Waals surface area contributed by atoms with E-state index in [9.17, 15) is 14.7 Å². The molecule has 0 aromatic rings. The Morgan fingerprint density at radius 3 is 1.38 bits per heavy atom. The minimum Gasteiger partial charge on any atom is -0.462 e. The molecule has 0 fully saturated rings. The van der Waals surface area contributed by atoms with Crippen LogP contribution in [-0.4, -0.2) is 36.4 Å². The number of carbonyl (C=O) groups excluding carboxylic acids is 2. The van der Waals surface area contributed by atoms with Crippen LogP contribution in [0.5, 0.6) is 0 Å². The number of ether oxygens (including phenoxy) is 2. The van der Waals surface area contributed by atoms with Crippen LogP contribution in [0.3, 0.4) is 0 Å². The van der Waals surface area contributed by atoms with Gasteiger partial charge in [-0.3, -0.25) is 9.59 Å². The van der Waals surface area contributed by atoms with Gasteiger partial charge in [0, 0.05) is 12.8 Å². The lowest BCUT2D eigenvalue weighted by molar-refractivity contribution is -0.161. The van der Waals surface area contributed by atoms with Crippen molar-refractivity contribution in [1.82, 2.24) is 0 Å². The molecule has 0 saturated heterocycles. The first-order chi connectivity index (χ1) is 22.1. The minimum atomic E-state index is -0.773. The summed E-state index contributed by atoms with van der Waals surface area (Å²) in [6.07, 6.45) is 42.3. The number of unbranched alkanes of at least 4 members (excludes halogenated alkanes) is 23. The second-order valence-electron chi connectivity index (χ2n) is 13.0. The van der Waals surface area contributed by atoms with Crippen molar-refractivity contribution in [3.05, 3.63) is 24.3 Å². The minimum absolute atomic E-state index is 0.0674. The molecule has 0 aromatic carbocycles. The lowest BCUT2D eigenvalue weighted by Crippen LogP contribution is -2.28. The second kappa shape index (κ2) is 36.8. The van der Waals surface area contributed by atoms with Gasteiger partial charge in [0.2, 0.25) is 0 Å². The van der Waals surface area contributed by atoms with E-state index in [-0.39, 0.29) is 25.2 Å². The third kappa shape index (κ3) is 35.1. The Morgan fingerprint density at radius 2 is 0.911 bits per heavy atom. The van der Waals surface area contributed by atoms with Crippen LogP contribution in [-0.2, 0) is 19.1 Å². The number of hydrogen-bond acceptors (Lipinski definition) is 5. The first kappa shape index (κ1) is 43.4. The molecule has 0 amide bonds. The Hall–Kier alpha value is -1.62. The fourth-order valence-electron chi connectivity index (χ4n) is 5.51. The van der Waals surface area contributed by atoms with Crippen LogP contribution in [0.15, 0.2) is 24.3 Å². The molecule has 0 rings (SSSR count). The number of carbonyl (C=O) groups is 2. The summed E-state index contributed by atoms with van der Waals surface area (Å²) in [5.41, 5.74) is 0. The molecule has 0 aliphatic heterocycles. The van der Waals surface area contributed by atoms with E-state index in [1.165, 1.54) is 122 Å². The molecule has 0 bridgehead atoms. The zero-order valence-corrected chi connectivity index (χ0v) is 29.9. The average Bonchev–Trinajstić information content (AvgIpc) is 3.04. The Morgan fingerprint density at radius 1 is 0.511 bits per heavy atom. The summed E-state index contributed by atoms with van der Waals surface area (Å²) in [5, 5.41) is 9.54. The first-order valence-electron chi connectivity index (χ1n) is 19.4. The van der Waals surface area contributed by atoms with Gasteiger partial charge in [-0.25, -0.2) is 0 Å². The monoisotopic (exact) mass is 635 g/mol. The van der Waals surface area contributed by atoms with Gasteiger partial charge in [-0.15, -0.1) is 0 Å². The molecule has 1 N–H and O–H groups in total. The van der Waals surface area contributed by atoms with Crippen LogP contribution in [0.4, 0.5) is 0 Å². The number of aliphatic hydroxyl groups is 1. The van der Waals surface area contributed by atoms with Crippen molar-refractivity contribution in [1.29, 1.82) is 0 Å². The molecule has 0 aliphatic carbocycles. The number of rotatable bonds is 35. The van der Waals surface area contributed by atoms with Gasteiger partial charge in [0.1, 0.15) is 6.61 Å². The number of allylic oxidation sites excluding steroid dienone is 4. The van der Waals surface area contributed by atoms with E-state index in [4.69, 9.17) is 9.47 Å². The Bertz CT molecular complexity index is 686. The summed E-state index contributed by atoms with van der Waals surface area (Å²) in [6.45, 7) is 4.09. The molecule has 45 heavy (non-hydrogen) atoms. The van der Waals surface area contributed by atoms with Gasteiger partial charge in [0.25, 0.3) is 0 Å². The van der Waals surface area contributed by atoms with Crippen LogP contribution >= 0.6 is 0 Å². The SMILES string of the molecule is CCCC/C=C/C/C=C/CCCCCCCC(=O)O[C@@H](CO)COC(=O)CCCCCCCCCCCCCCCCCCC. The Kier molecular flexibility index (Phi) is 35.5. The first-order valence-corrected chi connectivity index (χ1v) is 19.4. The van der Waals surface area contributed by atoms with E-state index in [0.29, 0.717) is 12.8 Å². The largest absolute Gasteiger partial charge is 0.462 e. The standard InChI is InChI=1S/C40H74O5/c1-3-5-7-9-11-13-15-17-19-20-21-23-24-26-28-30-32-34-39(42)44-37-38(36-41)45-40(43)35-33-31-29-27-25-22-18-16-14-12-10-8-6-4-2/h10,12,16,18,38,41H,3-9,11,13-15,17,19-37H2,1-2H3/b12-10+,18-16+/t38-/m0/s1. The van der Waals surface area contributed by atoms with Crippen LogP contribution in [0.2, 0.25) is 0 Å². The molecule has 5 heteroatoms. The molecule has 264 valence electrons. The highest BCUT2D eigenvalue weighted by Crippen LogP contribution is 2.15. The van der Waals surface area contributed by atoms with E-state index in [2.05, 4.69) is 38.2 Å². The number of esters is 2. The zero-order chi connectivity index (χ0) is 32.9. The molecular formula is C40H74O5. The fourth-order valence-corrected chi connectivity index (χ4v) is 5.51. The summed E-state index contributed by atoms with van der Waals surface area (Å²) in [5.74, 6) is -0.600. The zero-order valence-electron chi connectivity index (χ0n) is 29.9. The van der Waals surface area contributed by atoms with E-state index in [1.807, 2.05) is 0 Å². The van der Waals surface area contributed by atoms with E-state index >= 15 is 0 Å². The molecule has 0 heterocycles. The van der Waals surface area contributed by atoms with E-state index < -0.39 is 6.10 Å². The highest BCUT2D eigenvalue weighted by Gasteiger charge is 2.16. The van der Waals surface area contributed by atoms with E-state index in [1.54, 1.807) is 0 Å². The summed E-state index contributed by atoms with van der Waals surface area (Å²) < 4.78 is 10.6. The maximum atomic E-state index is 12.1. The van der Waals surface area contributed by atoms with Crippen LogP contribution in [0, 0.1) is 0 Å². The molecule has 5 nitrogen and oxygen atoms in total. The Labute approximate surface area is 279 Å². The molecule has 0 saturated carbocycles. The maximum Gasteiger partial charge on any atom is 0.306 e. The van der Waals surface area contributed by atoms with Gasteiger partial charge in [0.15, 0.2) is 6.10 Å². The van der Waals surface area contributed by atoms with Crippen molar-refractivity contribution < 1.29 is 24.2 Å². The highest BCUT2D eigenvalue weighted by molar-refractivity contribution is 5.70. The third-order valence-corrected chi connectivity index (χ3v) is 8.50. The predicted molar refractivity (Wildman–Crippen MR) is 191 cm³/mol. The number of aliphatic hydroxyl groups excluding tert-OH is 1. The normalized spacial score (nSPS) is 12.3. The summed E-state index contributed by atoms with van der Waals surface area (Å²) in [6, 6.07) is 0. The van der Waals surface area contributed by atoms with E-state index in [0.717, 1.165) is 51.4 Å². The van der Waals surface area contributed by atoms with Crippen molar-refractivity contribution in [3.8, 4) is 0 Å². The molecule has 0 radical (unpaired) electrons. The lowest BCUT2D eigenvalue weighted by atomic mass is 10.0. The summed E-state index contributed by atoms with van der Waals surface area (Å²) in [7, 11) is 0. The molecular weight excluding hydrogens is 560 g/mol. The van der Waals surface area contributed by atoms with Gasteiger partial charge in [0.05, 0.1) is 6.61 Å². The molecule has 0 aliphatic rings. The average molecular weight is 635 g/mol. The van der Waals surface area contributed by atoms with Gasteiger partial charge >= 0.3 is 11.9 Å². The van der Waals surface area contributed by atoms with Crippen molar-refractivity contribution in [2.24, 2.45) is 0 Å². The van der Waals surface area contributed by atoms with Crippen LogP contribution in [0.1, 0.15) is 200 Å². The van der Waals surface area contributed by atoms with Crippen molar-refractivity contribution >= 4 is 11.9 Å². The van der Waals surface area contributed by atoms with Gasteiger partial charge in [-0.05, 0) is 38.5 Å². The quantitative estimate of drug-likeness (QED) is 0.0426. The topological polar surface area (TPSA) is 72.8 Å². The van der Waals surface area contributed by atoms with Crippen molar-refractivity contribution in [2.75, 3.05) is 13.2 Å². The van der Waals surface area contributed by atoms with Crippen molar-refractivity contribution in [2.45, 2.75) is 206 Å². The van der Waals surface area contributed by atoms with Crippen LogP contribution < -0.4 is 0 Å². The maximum absolute atomic E-state index is 12.1. The van der Waals surface area contributed by atoms with Crippen molar-refractivity contribution in [3.63, 3.8) is 0 Å². The fraction of sp³-hybridized carbons (Fsp3) is 0.850. The van der Waals surface area contributed by atoms with Gasteiger partial charge in [-0.2, -0.15) is 0 Å². The second-order valence-corrected chi connectivity index (χ2v) is 13.0. The predicted octanol–water partition coefficient (Wildman–Crippen LogP) is 11.9. The smallest absolute Gasteiger partial charge is 0.306 e. The highest BCUT2D eigenvalue weighted by atomic mass is 16.6. The molecule has 0 spiro atoms. The third-order valence-electron chi connectivity index (χ3n) is 8.50. The molecule has 0 aromatic heterocycles. The van der Waals surface area contributed by atoms with Gasteiger partial charge < -0.3 is 14.6 Å². The lowest BCUT2D eigenvalue weighted by Gasteiger charge is -2.15. The van der Waals surface area contributed by atoms with Crippen LogP contribution in [0.25, 0.3) is 0 Å². The summed E-state index contributed by atoms with van der Waals surface area (Å²) in [4.78, 5) is 24.2. The number of hydrogen-bond donors (Lipinski definition) is 1. The Balaban J connectivity index is 3.54. The molecule has 0 unspecified atom stereocenters. The van der Waals surface area contributed by atoms with Gasteiger partial charge in [-0.1, -0.05) is 173 Å². The molecule has 1 atom stereocenters.